The van der Waals surface area contributed by atoms with E-state index in [4.69, 9.17) is 17.3 Å². The van der Waals surface area contributed by atoms with E-state index in [9.17, 15) is 13.5 Å². The Kier molecular flexibility index (Phi) is 4.59. The van der Waals surface area contributed by atoms with Gasteiger partial charge in [-0.15, -0.1) is 0 Å². The second-order valence-corrected chi connectivity index (χ2v) is 7.51. The zero-order chi connectivity index (χ0) is 14.9. The molecule has 1 aliphatic heterocycles. The standard InChI is InChI=1S/C13H19ClN2O3S/c1-9-5-11(14)13(6-12(9)15)20(18,19)16-4-2-3-10(7-16)8-17/h5-6,10,17H,2-4,7-8,15H2,1H3. The highest BCUT2D eigenvalue weighted by Crippen LogP contribution is 2.31. The molecule has 1 aromatic rings. The Morgan fingerprint density at radius 1 is 1.50 bits per heavy atom. The first-order valence-electron chi connectivity index (χ1n) is 6.53. The molecule has 0 radical (unpaired) electrons. The van der Waals surface area contributed by atoms with Crippen molar-refractivity contribution in [2.75, 3.05) is 25.4 Å². The van der Waals surface area contributed by atoms with E-state index < -0.39 is 10.0 Å². The van der Waals surface area contributed by atoms with Gasteiger partial charge in [0.05, 0.1) is 5.02 Å². The molecule has 0 aliphatic carbocycles. The van der Waals surface area contributed by atoms with E-state index in [1.807, 2.05) is 0 Å². The maximum absolute atomic E-state index is 12.6. The number of aliphatic hydroxyl groups is 1. The van der Waals surface area contributed by atoms with Crippen molar-refractivity contribution in [3.8, 4) is 0 Å². The third kappa shape index (κ3) is 2.93. The molecule has 1 atom stereocenters. The van der Waals surface area contributed by atoms with Gasteiger partial charge >= 0.3 is 0 Å². The molecular weight excluding hydrogens is 300 g/mol. The predicted molar refractivity (Wildman–Crippen MR) is 79.2 cm³/mol. The lowest BCUT2D eigenvalue weighted by molar-refractivity contribution is 0.165. The minimum atomic E-state index is -3.66. The van der Waals surface area contributed by atoms with E-state index in [1.54, 1.807) is 13.0 Å². The van der Waals surface area contributed by atoms with Crippen molar-refractivity contribution in [2.24, 2.45) is 5.92 Å². The van der Waals surface area contributed by atoms with Crippen LogP contribution in [0.3, 0.4) is 0 Å². The molecule has 2 rings (SSSR count). The van der Waals surface area contributed by atoms with Crippen molar-refractivity contribution in [3.63, 3.8) is 0 Å². The second-order valence-electron chi connectivity index (χ2n) is 5.19. The Morgan fingerprint density at radius 2 is 2.20 bits per heavy atom. The Morgan fingerprint density at radius 3 is 2.85 bits per heavy atom. The third-order valence-corrected chi connectivity index (χ3v) is 6.01. The summed E-state index contributed by atoms with van der Waals surface area (Å²) in [5.74, 6) is -0.0138. The molecular formula is C13H19ClN2O3S. The first kappa shape index (κ1) is 15.6. The largest absolute Gasteiger partial charge is 0.398 e. The van der Waals surface area contributed by atoms with Crippen molar-refractivity contribution in [3.05, 3.63) is 22.7 Å². The quantitative estimate of drug-likeness (QED) is 0.830. The summed E-state index contributed by atoms with van der Waals surface area (Å²) in [6.45, 7) is 2.54. The summed E-state index contributed by atoms with van der Waals surface area (Å²) in [7, 11) is -3.66. The minimum absolute atomic E-state index is 0.00418. The normalized spacial score (nSPS) is 21.1. The van der Waals surface area contributed by atoms with E-state index in [1.165, 1.54) is 10.4 Å². The molecule has 0 aromatic heterocycles. The fourth-order valence-corrected chi connectivity index (χ4v) is 4.55. The second kappa shape index (κ2) is 5.89. The number of halogens is 1. The minimum Gasteiger partial charge on any atom is -0.398 e. The molecule has 0 amide bonds. The zero-order valence-electron chi connectivity index (χ0n) is 11.3. The van der Waals surface area contributed by atoms with E-state index in [-0.39, 0.29) is 22.4 Å². The molecule has 20 heavy (non-hydrogen) atoms. The summed E-state index contributed by atoms with van der Waals surface area (Å²) in [4.78, 5) is 0.0425. The molecule has 5 nitrogen and oxygen atoms in total. The molecule has 1 unspecified atom stereocenters. The van der Waals surface area contributed by atoms with Gasteiger partial charge in [-0.1, -0.05) is 11.6 Å². The lowest BCUT2D eigenvalue weighted by Gasteiger charge is -2.31. The number of aryl methyl sites for hydroxylation is 1. The van der Waals surface area contributed by atoms with E-state index in [0.29, 0.717) is 18.8 Å². The molecule has 7 heteroatoms. The van der Waals surface area contributed by atoms with Crippen LogP contribution >= 0.6 is 11.6 Å². The summed E-state index contributed by atoms with van der Waals surface area (Å²) in [5, 5.41) is 9.40. The van der Waals surface area contributed by atoms with Gasteiger partial charge in [0.25, 0.3) is 0 Å². The Hall–Kier alpha value is -0.820. The Balaban J connectivity index is 2.37. The fourth-order valence-electron chi connectivity index (χ4n) is 2.40. The van der Waals surface area contributed by atoms with Gasteiger partial charge in [-0.25, -0.2) is 8.42 Å². The van der Waals surface area contributed by atoms with Crippen molar-refractivity contribution < 1.29 is 13.5 Å². The number of hydrogen-bond donors (Lipinski definition) is 2. The number of nitrogen functional groups attached to an aromatic ring is 1. The van der Waals surface area contributed by atoms with E-state index in [0.717, 1.165) is 18.4 Å². The average molecular weight is 319 g/mol. The van der Waals surface area contributed by atoms with Crippen LogP contribution < -0.4 is 5.73 Å². The lowest BCUT2D eigenvalue weighted by atomic mass is 10.0. The van der Waals surface area contributed by atoms with Gasteiger partial charge < -0.3 is 10.8 Å². The molecule has 0 spiro atoms. The topological polar surface area (TPSA) is 83.6 Å². The maximum atomic E-state index is 12.6. The highest BCUT2D eigenvalue weighted by Gasteiger charge is 2.31. The lowest BCUT2D eigenvalue weighted by Crippen LogP contribution is -2.41. The predicted octanol–water partition coefficient (Wildman–Crippen LogP) is 1.62. The van der Waals surface area contributed by atoms with Crippen molar-refractivity contribution >= 4 is 27.3 Å². The number of benzene rings is 1. The number of nitrogens with zero attached hydrogens (tertiary/aromatic N) is 1. The van der Waals surface area contributed by atoms with Crippen LogP contribution in [-0.2, 0) is 10.0 Å². The summed E-state index contributed by atoms with van der Waals surface area (Å²) in [5.41, 5.74) is 6.94. The van der Waals surface area contributed by atoms with Crippen molar-refractivity contribution in [2.45, 2.75) is 24.7 Å². The van der Waals surface area contributed by atoms with Crippen LogP contribution in [0.5, 0.6) is 0 Å². The van der Waals surface area contributed by atoms with Gasteiger partial charge in [0.2, 0.25) is 10.0 Å². The smallest absolute Gasteiger partial charge is 0.244 e. The van der Waals surface area contributed by atoms with Gasteiger partial charge in [-0.3, -0.25) is 0 Å². The van der Waals surface area contributed by atoms with Gasteiger partial charge in [-0.05, 0) is 43.4 Å². The number of aliphatic hydroxyl groups excluding tert-OH is 1. The summed E-state index contributed by atoms with van der Waals surface area (Å²) in [6.07, 6.45) is 1.58. The molecule has 1 fully saturated rings. The van der Waals surface area contributed by atoms with Gasteiger partial charge in [0.15, 0.2) is 0 Å². The molecule has 1 aromatic carbocycles. The van der Waals surface area contributed by atoms with Crippen LogP contribution in [0.1, 0.15) is 18.4 Å². The zero-order valence-corrected chi connectivity index (χ0v) is 12.9. The highest BCUT2D eigenvalue weighted by molar-refractivity contribution is 7.89. The van der Waals surface area contributed by atoms with Crippen LogP contribution in [0.4, 0.5) is 5.69 Å². The summed E-state index contributed by atoms with van der Waals surface area (Å²) >= 11 is 6.06. The van der Waals surface area contributed by atoms with Crippen molar-refractivity contribution in [1.29, 1.82) is 0 Å². The first-order chi connectivity index (χ1) is 9.36. The number of nitrogens with two attached hydrogens (primary N) is 1. The average Bonchev–Trinajstić information content (AvgIpc) is 2.42. The fraction of sp³-hybridized carbons (Fsp3) is 0.538. The summed E-state index contributed by atoms with van der Waals surface area (Å²) in [6, 6.07) is 2.98. The third-order valence-electron chi connectivity index (χ3n) is 3.68. The molecule has 1 aliphatic rings. The monoisotopic (exact) mass is 318 g/mol. The first-order valence-corrected chi connectivity index (χ1v) is 8.34. The van der Waals surface area contributed by atoms with E-state index >= 15 is 0 Å². The van der Waals surface area contributed by atoms with Gasteiger partial charge in [-0.2, -0.15) is 4.31 Å². The van der Waals surface area contributed by atoms with Crippen molar-refractivity contribution in [1.82, 2.24) is 4.31 Å². The van der Waals surface area contributed by atoms with E-state index in [2.05, 4.69) is 0 Å². The van der Waals surface area contributed by atoms with Crippen LogP contribution in [0.25, 0.3) is 0 Å². The van der Waals surface area contributed by atoms with Gasteiger partial charge in [0, 0.05) is 25.4 Å². The Labute approximate surface area is 124 Å². The number of piperidine rings is 1. The number of anilines is 1. The summed E-state index contributed by atoms with van der Waals surface area (Å²) < 4.78 is 26.7. The number of rotatable bonds is 3. The van der Waals surface area contributed by atoms with Crippen LogP contribution in [0.2, 0.25) is 5.02 Å². The number of sulfonamides is 1. The molecule has 0 saturated carbocycles. The van der Waals surface area contributed by atoms with Crippen LogP contribution in [0, 0.1) is 12.8 Å². The highest BCUT2D eigenvalue weighted by atomic mass is 35.5. The molecule has 1 saturated heterocycles. The maximum Gasteiger partial charge on any atom is 0.244 e. The Bertz CT molecular complexity index is 604. The molecule has 1 heterocycles. The number of hydrogen-bond acceptors (Lipinski definition) is 4. The van der Waals surface area contributed by atoms with Crippen LogP contribution in [-0.4, -0.2) is 37.5 Å². The molecule has 0 bridgehead atoms. The van der Waals surface area contributed by atoms with Crippen LogP contribution in [0.15, 0.2) is 17.0 Å². The molecule has 3 N–H and O–H groups in total. The molecule has 112 valence electrons. The SMILES string of the molecule is Cc1cc(Cl)c(S(=O)(=O)N2CCCC(CO)C2)cc1N. The van der Waals surface area contributed by atoms with Gasteiger partial charge in [0.1, 0.15) is 4.90 Å².